The lowest BCUT2D eigenvalue weighted by Gasteiger charge is -2.13. The molecule has 32 heavy (non-hydrogen) atoms. The second-order valence-electron chi connectivity index (χ2n) is 7.49. The fourth-order valence-corrected chi connectivity index (χ4v) is 4.56. The third-order valence-electron chi connectivity index (χ3n) is 5.25. The molecule has 2 unspecified atom stereocenters. The van der Waals surface area contributed by atoms with Crippen LogP contribution in [0.15, 0.2) is 35.5 Å². The topological polar surface area (TPSA) is 127 Å². The zero-order chi connectivity index (χ0) is 23.0. The minimum atomic E-state index is -0.618. The number of carbonyl (C=O) groups excluding carboxylic acids is 3. The van der Waals surface area contributed by atoms with E-state index in [1.165, 1.54) is 24.3 Å². The molecule has 12 heteroatoms. The number of aryl methyl sites for hydroxylation is 1. The van der Waals surface area contributed by atoms with E-state index in [1.807, 2.05) is 13.2 Å². The van der Waals surface area contributed by atoms with Gasteiger partial charge < -0.3 is 5.32 Å². The molecule has 3 amide bonds. The average Bonchev–Trinajstić information content (AvgIpc) is 3.36. The van der Waals surface area contributed by atoms with Gasteiger partial charge >= 0.3 is 0 Å². The number of rotatable bonds is 7. The van der Waals surface area contributed by atoms with Gasteiger partial charge in [0.2, 0.25) is 5.91 Å². The first-order chi connectivity index (χ1) is 15.2. The summed E-state index contributed by atoms with van der Waals surface area (Å²) < 4.78 is 1.69. The van der Waals surface area contributed by atoms with Crippen molar-refractivity contribution in [2.24, 2.45) is 13.0 Å². The molecule has 2 atom stereocenters. The predicted octanol–water partition coefficient (Wildman–Crippen LogP) is 2.94. The summed E-state index contributed by atoms with van der Waals surface area (Å²) in [6, 6.07) is 4.13. The first-order valence-corrected chi connectivity index (χ1v) is 10.9. The lowest BCUT2D eigenvalue weighted by Crippen LogP contribution is -2.37. The number of hydrogen-bond acceptors (Lipinski definition) is 7. The van der Waals surface area contributed by atoms with Crippen molar-refractivity contribution in [2.75, 3.05) is 13.1 Å². The number of benzene rings is 1. The Bertz CT molecular complexity index is 1160. The van der Waals surface area contributed by atoms with Gasteiger partial charge in [-0.05, 0) is 47.4 Å². The van der Waals surface area contributed by atoms with Crippen LogP contribution >= 0.6 is 23.4 Å². The minimum absolute atomic E-state index is 0.0163. The summed E-state index contributed by atoms with van der Waals surface area (Å²) in [5, 5.41) is 17.5. The minimum Gasteiger partial charge on any atom is -0.354 e. The van der Waals surface area contributed by atoms with Crippen LogP contribution in [-0.4, -0.2) is 49.7 Å². The molecule has 4 rings (SSSR count). The van der Waals surface area contributed by atoms with Gasteiger partial charge in [0, 0.05) is 38.3 Å². The van der Waals surface area contributed by atoms with E-state index in [9.17, 15) is 24.5 Å². The number of halogens is 1. The van der Waals surface area contributed by atoms with E-state index >= 15 is 0 Å². The van der Waals surface area contributed by atoms with Gasteiger partial charge in [-0.25, -0.2) is 0 Å². The van der Waals surface area contributed by atoms with E-state index in [0.29, 0.717) is 5.56 Å². The molecular weight excluding hydrogens is 458 g/mol. The van der Waals surface area contributed by atoms with E-state index in [0.717, 1.165) is 28.6 Å². The Hall–Kier alpha value is -3.18. The van der Waals surface area contributed by atoms with Crippen LogP contribution in [0.5, 0.6) is 0 Å². The number of amides is 3. The molecule has 1 aliphatic heterocycles. The van der Waals surface area contributed by atoms with Gasteiger partial charge in [0.15, 0.2) is 0 Å². The van der Waals surface area contributed by atoms with E-state index in [1.54, 1.807) is 10.9 Å². The van der Waals surface area contributed by atoms with Gasteiger partial charge in [0.05, 0.1) is 16.0 Å². The summed E-state index contributed by atoms with van der Waals surface area (Å²) in [5.41, 5.74) is 1.12. The first kappa shape index (κ1) is 22.0. The lowest BCUT2D eigenvalue weighted by molar-refractivity contribution is -0.384. The molecule has 2 aromatic rings. The number of nitrogens with zero attached hydrogens (tertiary/aromatic N) is 4. The SMILES string of the molecule is Cn1cc(C2CC2C(=O)NCCN2C(=O)S/C(=C/c3ccc(Cl)c([N+](=O)[O-])c3)C2=O)cn1. The fourth-order valence-electron chi connectivity index (χ4n) is 3.51. The number of nitrogens with one attached hydrogen (secondary N) is 1. The Morgan fingerprint density at radius 1 is 1.44 bits per heavy atom. The number of imide groups is 1. The Kier molecular flexibility index (Phi) is 6.02. The highest BCUT2D eigenvalue weighted by Gasteiger charge is 2.44. The molecule has 166 valence electrons. The fraction of sp³-hybridized carbons (Fsp3) is 0.300. The highest BCUT2D eigenvalue weighted by molar-refractivity contribution is 8.18. The quantitative estimate of drug-likeness (QED) is 0.370. The summed E-state index contributed by atoms with van der Waals surface area (Å²) in [7, 11) is 1.82. The largest absolute Gasteiger partial charge is 0.354 e. The number of nitro benzene ring substituents is 1. The van der Waals surface area contributed by atoms with Crippen LogP contribution in [0.3, 0.4) is 0 Å². The Morgan fingerprint density at radius 2 is 2.22 bits per heavy atom. The second-order valence-corrected chi connectivity index (χ2v) is 8.89. The Balaban J connectivity index is 1.33. The molecule has 1 aliphatic carbocycles. The van der Waals surface area contributed by atoms with Crippen LogP contribution in [-0.2, 0) is 16.6 Å². The van der Waals surface area contributed by atoms with Crippen molar-refractivity contribution in [3.63, 3.8) is 0 Å². The smallest absolute Gasteiger partial charge is 0.293 e. The highest BCUT2D eigenvalue weighted by atomic mass is 35.5. The Labute approximate surface area is 191 Å². The molecule has 0 spiro atoms. The summed E-state index contributed by atoms with van der Waals surface area (Å²) in [6.07, 6.45) is 5.80. The van der Waals surface area contributed by atoms with Crippen molar-refractivity contribution in [3.05, 3.63) is 61.8 Å². The zero-order valence-corrected chi connectivity index (χ0v) is 18.4. The molecule has 2 heterocycles. The summed E-state index contributed by atoms with van der Waals surface area (Å²) in [4.78, 5) is 48.8. The molecule has 1 saturated carbocycles. The summed E-state index contributed by atoms with van der Waals surface area (Å²) >= 11 is 6.55. The maximum absolute atomic E-state index is 12.6. The number of aromatic nitrogens is 2. The van der Waals surface area contributed by atoms with E-state index < -0.39 is 16.1 Å². The molecule has 0 radical (unpaired) electrons. The van der Waals surface area contributed by atoms with Crippen LogP contribution in [0.2, 0.25) is 5.02 Å². The summed E-state index contributed by atoms with van der Waals surface area (Å²) in [5.74, 6) is -0.608. The monoisotopic (exact) mass is 475 g/mol. The maximum atomic E-state index is 12.6. The van der Waals surface area contributed by atoms with Crippen molar-refractivity contribution >= 4 is 52.2 Å². The zero-order valence-electron chi connectivity index (χ0n) is 16.9. The molecule has 1 N–H and O–H groups in total. The number of thioether (sulfide) groups is 1. The third-order valence-corrected chi connectivity index (χ3v) is 6.48. The van der Waals surface area contributed by atoms with Crippen LogP contribution < -0.4 is 5.32 Å². The van der Waals surface area contributed by atoms with Crippen LogP contribution in [0.1, 0.15) is 23.5 Å². The van der Waals surface area contributed by atoms with Gasteiger partial charge in [0.1, 0.15) is 5.02 Å². The van der Waals surface area contributed by atoms with E-state index in [4.69, 9.17) is 11.6 Å². The first-order valence-electron chi connectivity index (χ1n) is 9.70. The van der Waals surface area contributed by atoms with Crippen molar-refractivity contribution < 1.29 is 19.3 Å². The normalized spacial score (nSPS) is 21.3. The van der Waals surface area contributed by atoms with E-state index in [2.05, 4.69) is 10.4 Å². The molecular formula is C20H18ClN5O5S. The average molecular weight is 476 g/mol. The van der Waals surface area contributed by atoms with Crippen LogP contribution in [0.25, 0.3) is 6.08 Å². The molecule has 0 bridgehead atoms. The molecule has 2 fully saturated rings. The molecule has 10 nitrogen and oxygen atoms in total. The number of nitro groups is 1. The van der Waals surface area contributed by atoms with Crippen molar-refractivity contribution in [1.82, 2.24) is 20.0 Å². The maximum Gasteiger partial charge on any atom is 0.293 e. The third kappa shape index (κ3) is 4.53. The van der Waals surface area contributed by atoms with Crippen molar-refractivity contribution in [3.8, 4) is 0 Å². The molecule has 2 aliphatic rings. The molecule has 1 aromatic heterocycles. The van der Waals surface area contributed by atoms with Gasteiger partial charge in [-0.3, -0.25) is 34.1 Å². The summed E-state index contributed by atoms with van der Waals surface area (Å²) in [6.45, 7) is 0.186. The number of hydrogen-bond donors (Lipinski definition) is 1. The van der Waals surface area contributed by atoms with Gasteiger partial charge in [-0.1, -0.05) is 17.7 Å². The number of carbonyl (C=O) groups is 3. The van der Waals surface area contributed by atoms with Crippen molar-refractivity contribution in [1.29, 1.82) is 0 Å². The van der Waals surface area contributed by atoms with Crippen LogP contribution in [0, 0.1) is 16.0 Å². The predicted molar refractivity (Wildman–Crippen MR) is 118 cm³/mol. The molecule has 1 aromatic carbocycles. The van der Waals surface area contributed by atoms with Crippen LogP contribution in [0.4, 0.5) is 10.5 Å². The molecule has 1 saturated heterocycles. The highest BCUT2D eigenvalue weighted by Crippen LogP contribution is 2.47. The second kappa shape index (κ2) is 8.75. The Morgan fingerprint density at radius 3 is 2.91 bits per heavy atom. The lowest BCUT2D eigenvalue weighted by atomic mass is 10.2. The van der Waals surface area contributed by atoms with E-state index in [-0.39, 0.29) is 46.4 Å². The standard InChI is InChI=1S/C20H18ClN5O5S/c1-24-10-12(9-23-24)13-8-14(13)18(27)22-4-5-25-19(28)17(32-20(25)29)7-11-2-3-15(21)16(6-11)26(30)31/h2-3,6-7,9-10,13-14H,4-5,8H2,1H3,(H,22,27)/b17-7+. The van der Waals surface area contributed by atoms with Crippen molar-refractivity contribution in [2.45, 2.75) is 12.3 Å². The van der Waals surface area contributed by atoms with Gasteiger partial charge in [-0.15, -0.1) is 0 Å². The van der Waals surface area contributed by atoms with Gasteiger partial charge in [-0.2, -0.15) is 5.10 Å². The van der Waals surface area contributed by atoms with Gasteiger partial charge in [0.25, 0.3) is 16.8 Å².